The first-order valence-corrected chi connectivity index (χ1v) is 10.6. The van der Waals surface area contributed by atoms with Crippen molar-refractivity contribution in [3.05, 3.63) is 60.0 Å². The largest absolute Gasteiger partial charge is 0.313 e. The Kier molecular flexibility index (Phi) is 6.09. The maximum absolute atomic E-state index is 4.52. The third kappa shape index (κ3) is 4.46. The van der Waals surface area contributed by atoms with Gasteiger partial charge in [0.05, 0.1) is 0 Å². The molecule has 0 atom stereocenters. The van der Waals surface area contributed by atoms with Crippen molar-refractivity contribution >= 4 is 5.65 Å². The van der Waals surface area contributed by atoms with E-state index in [1.807, 2.05) is 12.4 Å². The monoisotopic (exact) mass is 371 g/mol. The van der Waals surface area contributed by atoms with Crippen molar-refractivity contribution < 1.29 is 0 Å². The van der Waals surface area contributed by atoms with Gasteiger partial charge in [-0.3, -0.25) is 0 Å². The van der Waals surface area contributed by atoms with Crippen molar-refractivity contribution in [1.29, 1.82) is 0 Å². The summed E-state index contributed by atoms with van der Waals surface area (Å²) in [5, 5.41) is 3.69. The molecule has 0 unspecified atom stereocenters. The lowest BCUT2D eigenvalue weighted by Crippen LogP contribution is -2.29. The molecule has 2 aromatic heterocycles. The average Bonchev–Trinajstić information content (AvgIpc) is 3.03. The van der Waals surface area contributed by atoms with Gasteiger partial charge in [0.25, 0.3) is 0 Å². The Balaban J connectivity index is 1.37. The number of imidazole rings is 1. The molecule has 0 spiro atoms. The predicted molar refractivity (Wildman–Crippen MR) is 116 cm³/mol. The summed E-state index contributed by atoms with van der Waals surface area (Å²) in [7, 11) is 0. The molecule has 1 fully saturated rings. The summed E-state index contributed by atoms with van der Waals surface area (Å²) >= 11 is 0. The van der Waals surface area contributed by atoms with E-state index in [9.17, 15) is 0 Å². The van der Waals surface area contributed by atoms with Gasteiger partial charge in [0.15, 0.2) is 0 Å². The normalized spacial score (nSPS) is 15.2. The quantitative estimate of drug-likeness (QED) is 0.380. The van der Waals surface area contributed by atoms with Crippen LogP contribution in [0.25, 0.3) is 16.8 Å². The second kappa shape index (κ2) is 9.08. The molecule has 1 N–H and O–H groups in total. The first-order chi connectivity index (χ1) is 13.8. The number of hydrogen-bond donors (Lipinski definition) is 1. The van der Waals surface area contributed by atoms with Gasteiger partial charge in [-0.1, -0.05) is 49.7 Å². The summed E-state index contributed by atoms with van der Waals surface area (Å²) in [5.41, 5.74) is 5.70. The highest BCUT2D eigenvalue weighted by molar-refractivity contribution is 5.80. The first-order valence-electron chi connectivity index (χ1n) is 10.6. The third-order valence-electron chi connectivity index (χ3n) is 5.72. The number of nitrogens with one attached hydrogen (secondary N) is 1. The lowest BCUT2D eigenvalue weighted by atomic mass is 10.0. The number of hydrogen-bond acceptors (Lipinski definition) is 2. The predicted octanol–water partition coefficient (Wildman–Crippen LogP) is 5.36. The molecule has 0 radical (unpaired) electrons. The van der Waals surface area contributed by atoms with Crippen molar-refractivity contribution in [1.82, 2.24) is 14.7 Å². The zero-order valence-corrected chi connectivity index (χ0v) is 16.7. The molecule has 28 heavy (non-hydrogen) atoms. The molecule has 3 aromatic rings. The number of nitrogens with zero attached hydrogens (tertiary/aromatic N) is 2. The average molecular weight is 372 g/mol. The molecule has 4 rings (SSSR count). The minimum absolute atomic E-state index is 0.706. The molecule has 0 aliphatic heterocycles. The molecule has 3 nitrogen and oxygen atoms in total. The van der Waals surface area contributed by atoms with E-state index in [1.165, 1.54) is 55.2 Å². The van der Waals surface area contributed by atoms with Crippen LogP contribution in [0, 0.1) is 18.8 Å². The number of benzene rings is 1. The Labute approximate surface area is 168 Å². The van der Waals surface area contributed by atoms with E-state index in [0.717, 1.165) is 24.2 Å². The Morgan fingerprint density at radius 3 is 2.61 bits per heavy atom. The molecule has 2 heterocycles. The Morgan fingerprint density at radius 2 is 1.82 bits per heavy atom. The molecule has 1 aliphatic carbocycles. The van der Waals surface area contributed by atoms with Gasteiger partial charge in [0.1, 0.15) is 5.65 Å². The van der Waals surface area contributed by atoms with E-state index in [4.69, 9.17) is 0 Å². The van der Waals surface area contributed by atoms with Gasteiger partial charge < -0.3 is 9.72 Å². The fourth-order valence-corrected chi connectivity index (χ4v) is 4.14. The highest BCUT2D eigenvalue weighted by Gasteiger charge is 2.10. The summed E-state index contributed by atoms with van der Waals surface area (Å²) in [4.78, 5) is 4.52. The lowest BCUT2D eigenvalue weighted by molar-refractivity contribution is 0.466. The van der Waals surface area contributed by atoms with E-state index in [1.54, 1.807) is 0 Å². The van der Waals surface area contributed by atoms with Crippen LogP contribution in [-0.4, -0.2) is 22.0 Å². The van der Waals surface area contributed by atoms with Crippen molar-refractivity contribution in [2.24, 2.45) is 0 Å². The van der Waals surface area contributed by atoms with Gasteiger partial charge in [-0.25, -0.2) is 4.98 Å². The zero-order valence-electron chi connectivity index (χ0n) is 16.7. The highest BCUT2D eigenvalue weighted by Crippen LogP contribution is 2.27. The molecule has 1 aromatic carbocycles. The zero-order chi connectivity index (χ0) is 19.2. The van der Waals surface area contributed by atoms with Gasteiger partial charge in [-0.2, -0.15) is 0 Å². The summed E-state index contributed by atoms with van der Waals surface area (Å²) in [6.45, 7) is 3.13. The molecule has 0 bridgehead atoms. The van der Waals surface area contributed by atoms with Gasteiger partial charge in [-0.15, -0.1) is 0 Å². The second-order valence-corrected chi connectivity index (χ2v) is 7.80. The van der Waals surface area contributed by atoms with Crippen LogP contribution < -0.4 is 5.32 Å². The van der Waals surface area contributed by atoms with E-state index in [2.05, 4.69) is 70.0 Å². The summed E-state index contributed by atoms with van der Waals surface area (Å²) in [6.07, 6.45) is 15.0. The summed E-state index contributed by atoms with van der Waals surface area (Å²) in [5.74, 6) is 6.63. The third-order valence-corrected chi connectivity index (χ3v) is 5.72. The van der Waals surface area contributed by atoms with Gasteiger partial charge in [0, 0.05) is 48.7 Å². The molecule has 3 heteroatoms. The minimum Gasteiger partial charge on any atom is -0.313 e. The second-order valence-electron chi connectivity index (χ2n) is 7.80. The molecule has 144 valence electrons. The van der Waals surface area contributed by atoms with E-state index in [-0.39, 0.29) is 0 Å². The van der Waals surface area contributed by atoms with Crippen LogP contribution in [0.2, 0.25) is 0 Å². The molecular formula is C25H29N3. The molecule has 1 aliphatic rings. The summed E-state index contributed by atoms with van der Waals surface area (Å²) in [6, 6.07) is 11.4. The van der Waals surface area contributed by atoms with Crippen LogP contribution in [0.1, 0.15) is 56.1 Å². The molecule has 0 saturated heterocycles. The number of rotatable bonds is 4. The maximum Gasteiger partial charge on any atom is 0.144 e. The van der Waals surface area contributed by atoms with Gasteiger partial charge >= 0.3 is 0 Å². The van der Waals surface area contributed by atoms with Crippen LogP contribution in [0.15, 0.2) is 48.9 Å². The number of fused-ring (bicyclic) bond motifs is 1. The minimum atomic E-state index is 0.706. The van der Waals surface area contributed by atoms with Crippen LogP contribution >= 0.6 is 0 Å². The Bertz CT molecular complexity index is 964. The van der Waals surface area contributed by atoms with E-state index in [0.29, 0.717) is 6.04 Å². The highest BCUT2D eigenvalue weighted by atomic mass is 15.0. The fraction of sp³-hybridized carbons (Fsp3) is 0.400. The van der Waals surface area contributed by atoms with E-state index >= 15 is 0 Å². The van der Waals surface area contributed by atoms with Gasteiger partial charge in [-0.05, 0) is 49.1 Å². The maximum atomic E-state index is 4.52. The first kappa shape index (κ1) is 18.8. The topological polar surface area (TPSA) is 29.3 Å². The van der Waals surface area contributed by atoms with Crippen molar-refractivity contribution in [3.8, 4) is 23.0 Å². The van der Waals surface area contributed by atoms with Crippen LogP contribution in [0.4, 0.5) is 0 Å². The SMILES string of the molecule is Cc1ccn2ccnc2c1-c1ccc(C#CCCNC2CCCCCC2)cc1. The van der Waals surface area contributed by atoms with Crippen LogP contribution in [-0.2, 0) is 0 Å². The van der Waals surface area contributed by atoms with Crippen molar-refractivity contribution in [2.75, 3.05) is 6.54 Å². The van der Waals surface area contributed by atoms with Crippen molar-refractivity contribution in [3.63, 3.8) is 0 Å². The Hall–Kier alpha value is -2.57. The fourth-order valence-electron chi connectivity index (χ4n) is 4.14. The van der Waals surface area contributed by atoms with Crippen LogP contribution in [0.5, 0.6) is 0 Å². The number of aromatic nitrogens is 2. The molecule has 1 saturated carbocycles. The molecular weight excluding hydrogens is 342 g/mol. The number of aryl methyl sites for hydroxylation is 1. The smallest absolute Gasteiger partial charge is 0.144 e. The van der Waals surface area contributed by atoms with Crippen molar-refractivity contribution in [2.45, 2.75) is 57.9 Å². The van der Waals surface area contributed by atoms with Gasteiger partial charge in [0.2, 0.25) is 0 Å². The lowest BCUT2D eigenvalue weighted by Gasteiger charge is -2.14. The number of pyridine rings is 1. The Morgan fingerprint density at radius 1 is 1.04 bits per heavy atom. The van der Waals surface area contributed by atoms with Crippen LogP contribution in [0.3, 0.4) is 0 Å². The standard InChI is InChI=1S/C25H29N3/c1-20-15-18-28-19-17-27-25(28)24(20)22-13-11-21(12-14-22)8-6-7-16-26-23-9-4-2-3-5-10-23/h11-15,17-19,23,26H,2-5,7,9-10,16H2,1H3. The van der Waals surface area contributed by atoms with E-state index < -0.39 is 0 Å². The summed E-state index contributed by atoms with van der Waals surface area (Å²) < 4.78 is 2.07. The molecule has 0 amide bonds.